The highest BCUT2D eigenvalue weighted by atomic mass is 32.2. The van der Waals surface area contributed by atoms with E-state index in [1.165, 1.54) is 12.1 Å². The van der Waals surface area contributed by atoms with Gasteiger partial charge in [-0.05, 0) is 44.7 Å². The number of hydrogen-bond donors (Lipinski definition) is 0. The van der Waals surface area contributed by atoms with Crippen LogP contribution in [0.5, 0.6) is 0 Å². The summed E-state index contributed by atoms with van der Waals surface area (Å²) in [6.45, 7) is 3.27. The first-order valence-corrected chi connectivity index (χ1v) is 10.5. The Hall–Kier alpha value is -2.78. The molecule has 0 N–H and O–H groups in total. The Bertz CT molecular complexity index is 942. The lowest BCUT2D eigenvalue weighted by Gasteiger charge is -2.18. The summed E-state index contributed by atoms with van der Waals surface area (Å²) in [5.74, 6) is -0.824. The molecule has 1 atom stereocenters. The van der Waals surface area contributed by atoms with Crippen LogP contribution < -0.4 is 0 Å². The lowest BCUT2D eigenvalue weighted by molar-refractivity contribution is -0.387. The molecule has 0 aliphatic heterocycles. The number of rotatable bonds is 10. The molecule has 0 aromatic heterocycles. The summed E-state index contributed by atoms with van der Waals surface area (Å²) in [6.07, 6.45) is -0.696. The van der Waals surface area contributed by atoms with Gasteiger partial charge < -0.3 is 4.74 Å². The molecule has 2 aromatic rings. The molecule has 0 saturated carbocycles. The van der Waals surface area contributed by atoms with Crippen molar-refractivity contribution in [1.82, 2.24) is 0 Å². The number of nitro benzene ring substituents is 1. The van der Waals surface area contributed by atoms with Gasteiger partial charge in [-0.2, -0.15) is 8.42 Å². The smallest absolute Gasteiger partial charge is 0.337 e. The molecular weight excluding hydrogens is 398 g/mol. The zero-order valence-corrected chi connectivity index (χ0v) is 17.0. The van der Waals surface area contributed by atoms with Crippen molar-refractivity contribution < 1.29 is 27.1 Å². The number of aryl methyl sites for hydroxylation is 1. The molecule has 0 amide bonds. The Morgan fingerprint density at radius 3 is 2.31 bits per heavy atom. The van der Waals surface area contributed by atoms with E-state index in [0.717, 1.165) is 17.7 Å². The standard InChI is InChI=1S/C20H23NO7S/c1-15(2)27-20(22)18(13-8-11-16-9-4-3-5-10-16)28-29(25,26)19-14-7-6-12-17(19)21(23)24/h3-7,9-10,12,14-15,18H,8,11,13H2,1-2H3/t18-/m1/s1. The van der Waals surface area contributed by atoms with Crippen molar-refractivity contribution in [2.24, 2.45) is 0 Å². The van der Waals surface area contributed by atoms with E-state index in [1.807, 2.05) is 30.3 Å². The lowest BCUT2D eigenvalue weighted by atomic mass is 10.1. The quantitative estimate of drug-likeness (QED) is 0.249. The summed E-state index contributed by atoms with van der Waals surface area (Å²) >= 11 is 0. The van der Waals surface area contributed by atoms with Crippen molar-refractivity contribution in [3.05, 3.63) is 70.3 Å². The van der Waals surface area contributed by atoms with Gasteiger partial charge in [-0.25, -0.2) is 4.79 Å². The average molecular weight is 421 g/mol. The van der Waals surface area contributed by atoms with Crippen LogP contribution in [0.2, 0.25) is 0 Å². The summed E-state index contributed by atoms with van der Waals surface area (Å²) in [7, 11) is -4.55. The highest BCUT2D eigenvalue weighted by Gasteiger charge is 2.33. The third-order valence-corrected chi connectivity index (χ3v) is 5.33. The van der Waals surface area contributed by atoms with Gasteiger partial charge in [0.25, 0.3) is 5.69 Å². The largest absolute Gasteiger partial charge is 0.461 e. The number of benzene rings is 2. The van der Waals surface area contributed by atoms with Crippen LogP contribution in [0.4, 0.5) is 5.69 Å². The number of carbonyl (C=O) groups excluding carboxylic acids is 1. The van der Waals surface area contributed by atoms with Crippen LogP contribution in [0.3, 0.4) is 0 Å². The summed E-state index contributed by atoms with van der Waals surface area (Å²) < 4.78 is 35.5. The van der Waals surface area contributed by atoms with E-state index in [1.54, 1.807) is 13.8 Å². The van der Waals surface area contributed by atoms with E-state index < -0.39 is 43.8 Å². The predicted molar refractivity (Wildman–Crippen MR) is 106 cm³/mol. The molecular formula is C20H23NO7S. The highest BCUT2D eigenvalue weighted by molar-refractivity contribution is 7.87. The lowest BCUT2D eigenvalue weighted by Crippen LogP contribution is -2.31. The maximum atomic E-state index is 12.7. The molecule has 0 radical (unpaired) electrons. The van der Waals surface area contributed by atoms with Crippen LogP contribution in [-0.2, 0) is 30.3 Å². The number of carbonyl (C=O) groups is 1. The molecule has 0 fully saturated rings. The van der Waals surface area contributed by atoms with Gasteiger partial charge in [0.2, 0.25) is 0 Å². The predicted octanol–water partition coefficient (Wildman–Crippen LogP) is 3.64. The third kappa shape index (κ3) is 6.65. The zero-order valence-electron chi connectivity index (χ0n) is 16.2. The second-order valence-corrected chi connectivity index (χ2v) is 8.17. The molecule has 9 heteroatoms. The number of esters is 1. The second-order valence-electron chi connectivity index (χ2n) is 6.63. The Labute approximate surface area is 169 Å². The molecule has 156 valence electrons. The molecule has 8 nitrogen and oxygen atoms in total. The SMILES string of the molecule is CC(C)OC(=O)[C@@H](CCCc1ccccc1)OS(=O)(=O)c1ccccc1[N+](=O)[O-]. The Morgan fingerprint density at radius 1 is 1.07 bits per heavy atom. The molecule has 0 spiro atoms. The van der Waals surface area contributed by atoms with Crippen LogP contribution in [0, 0.1) is 10.1 Å². The minimum Gasteiger partial charge on any atom is -0.461 e. The highest BCUT2D eigenvalue weighted by Crippen LogP contribution is 2.26. The maximum Gasteiger partial charge on any atom is 0.337 e. The number of nitro groups is 1. The molecule has 0 heterocycles. The van der Waals surface area contributed by atoms with Gasteiger partial charge in [0.05, 0.1) is 11.0 Å². The Balaban J connectivity index is 2.19. The van der Waals surface area contributed by atoms with Crippen LogP contribution in [-0.4, -0.2) is 31.5 Å². The summed E-state index contributed by atoms with van der Waals surface area (Å²) in [6, 6.07) is 14.3. The van der Waals surface area contributed by atoms with Gasteiger partial charge in [-0.1, -0.05) is 42.5 Å². The van der Waals surface area contributed by atoms with Crippen LogP contribution >= 0.6 is 0 Å². The Kier molecular flexibility index (Phi) is 7.86. The fourth-order valence-electron chi connectivity index (χ4n) is 2.67. The molecule has 0 saturated heterocycles. The van der Waals surface area contributed by atoms with Gasteiger partial charge in [0.1, 0.15) is 0 Å². The molecule has 2 aromatic carbocycles. The maximum absolute atomic E-state index is 12.7. The fraction of sp³-hybridized carbons (Fsp3) is 0.350. The van der Waals surface area contributed by atoms with Gasteiger partial charge in [-0.3, -0.25) is 14.3 Å². The Morgan fingerprint density at radius 2 is 1.69 bits per heavy atom. The van der Waals surface area contributed by atoms with Crippen LogP contribution in [0.1, 0.15) is 32.3 Å². The number of ether oxygens (including phenoxy) is 1. The number of hydrogen-bond acceptors (Lipinski definition) is 7. The molecule has 0 aliphatic carbocycles. The molecule has 0 unspecified atom stereocenters. The first-order chi connectivity index (χ1) is 13.7. The second kappa shape index (κ2) is 10.1. The summed E-state index contributed by atoms with van der Waals surface area (Å²) in [4.78, 5) is 22.1. The van der Waals surface area contributed by atoms with Crippen LogP contribution in [0.25, 0.3) is 0 Å². The van der Waals surface area contributed by atoms with Crippen molar-refractivity contribution in [1.29, 1.82) is 0 Å². The third-order valence-electron chi connectivity index (χ3n) is 3.96. The van der Waals surface area contributed by atoms with Crippen LogP contribution in [0.15, 0.2) is 59.5 Å². The van der Waals surface area contributed by atoms with Gasteiger partial charge in [0, 0.05) is 6.07 Å². The summed E-state index contributed by atoms with van der Waals surface area (Å²) in [5, 5.41) is 11.2. The number of nitrogens with zero attached hydrogens (tertiary/aromatic N) is 1. The number of para-hydroxylation sites is 1. The van der Waals surface area contributed by atoms with E-state index in [0.29, 0.717) is 12.8 Å². The summed E-state index contributed by atoms with van der Waals surface area (Å²) in [5.41, 5.74) is 0.415. The molecule has 0 bridgehead atoms. The topological polar surface area (TPSA) is 113 Å². The monoisotopic (exact) mass is 421 g/mol. The molecule has 2 rings (SSSR count). The van der Waals surface area contributed by atoms with Gasteiger partial charge in [0.15, 0.2) is 11.0 Å². The van der Waals surface area contributed by atoms with Crippen molar-refractivity contribution in [2.75, 3.05) is 0 Å². The normalized spacial score (nSPS) is 12.5. The van der Waals surface area contributed by atoms with E-state index in [4.69, 9.17) is 8.92 Å². The van der Waals surface area contributed by atoms with Gasteiger partial charge in [-0.15, -0.1) is 0 Å². The minimum absolute atomic E-state index is 0.0836. The molecule has 29 heavy (non-hydrogen) atoms. The van der Waals surface area contributed by atoms with E-state index in [2.05, 4.69) is 0 Å². The van der Waals surface area contributed by atoms with E-state index in [9.17, 15) is 23.3 Å². The zero-order chi connectivity index (χ0) is 21.4. The molecule has 0 aliphatic rings. The fourth-order valence-corrected chi connectivity index (χ4v) is 3.90. The van der Waals surface area contributed by atoms with Crippen molar-refractivity contribution in [2.45, 2.75) is 50.2 Å². The van der Waals surface area contributed by atoms with E-state index >= 15 is 0 Å². The van der Waals surface area contributed by atoms with Crippen molar-refractivity contribution >= 4 is 21.8 Å². The van der Waals surface area contributed by atoms with Crippen molar-refractivity contribution in [3.8, 4) is 0 Å². The first-order valence-electron chi connectivity index (χ1n) is 9.12. The first kappa shape index (κ1) is 22.5. The van der Waals surface area contributed by atoms with Crippen molar-refractivity contribution in [3.63, 3.8) is 0 Å². The average Bonchev–Trinajstić information content (AvgIpc) is 2.67. The minimum atomic E-state index is -4.55. The van der Waals surface area contributed by atoms with E-state index in [-0.39, 0.29) is 6.42 Å². The van der Waals surface area contributed by atoms with Gasteiger partial charge >= 0.3 is 16.1 Å².